The van der Waals surface area contributed by atoms with Crippen LogP contribution in [0.5, 0.6) is 11.5 Å². The summed E-state index contributed by atoms with van der Waals surface area (Å²) in [6, 6.07) is 9.02. The number of hydrogen-bond acceptors (Lipinski definition) is 3. The Bertz CT molecular complexity index is 480. The summed E-state index contributed by atoms with van der Waals surface area (Å²) in [6.45, 7) is 0.209. The van der Waals surface area contributed by atoms with Crippen molar-refractivity contribution >= 4 is 10.8 Å². The van der Waals surface area contributed by atoms with Crippen molar-refractivity contribution in [2.24, 2.45) is 5.73 Å². The first kappa shape index (κ1) is 8.84. The second kappa shape index (κ2) is 3.20. The van der Waals surface area contributed by atoms with Crippen molar-refractivity contribution in [3.05, 3.63) is 35.9 Å². The van der Waals surface area contributed by atoms with Crippen molar-refractivity contribution in [1.29, 1.82) is 0 Å². The summed E-state index contributed by atoms with van der Waals surface area (Å²) in [5, 5.41) is 20.7. The summed E-state index contributed by atoms with van der Waals surface area (Å²) in [5.41, 5.74) is 6.10. The van der Waals surface area contributed by atoms with E-state index in [1.54, 1.807) is 0 Å². The molecule has 0 saturated carbocycles. The summed E-state index contributed by atoms with van der Waals surface area (Å²) in [6.07, 6.45) is 0. The molecule has 0 saturated heterocycles. The average Bonchev–Trinajstić information content (AvgIpc) is 2.20. The minimum atomic E-state index is -0.121. The third-order valence-electron chi connectivity index (χ3n) is 2.31. The lowest BCUT2D eigenvalue weighted by molar-refractivity contribution is 0.401. The van der Waals surface area contributed by atoms with E-state index >= 15 is 0 Å². The number of phenols is 2. The van der Waals surface area contributed by atoms with Crippen LogP contribution in [-0.2, 0) is 6.54 Å². The SMILES string of the molecule is NCc1c(O)c(O)cc2ccccc12. The average molecular weight is 189 g/mol. The lowest BCUT2D eigenvalue weighted by Crippen LogP contribution is -1.97. The van der Waals surface area contributed by atoms with Gasteiger partial charge in [-0.05, 0) is 16.8 Å². The molecule has 2 aromatic rings. The molecule has 72 valence electrons. The minimum Gasteiger partial charge on any atom is -0.504 e. The molecule has 0 amide bonds. The summed E-state index contributed by atoms with van der Waals surface area (Å²) in [5.74, 6) is -0.240. The molecule has 0 aliphatic heterocycles. The molecule has 14 heavy (non-hydrogen) atoms. The number of hydrogen-bond donors (Lipinski definition) is 3. The Balaban J connectivity index is 2.89. The van der Waals surface area contributed by atoms with Gasteiger partial charge in [0, 0.05) is 12.1 Å². The molecule has 2 rings (SSSR count). The van der Waals surface area contributed by atoms with Gasteiger partial charge in [0.1, 0.15) is 0 Å². The Kier molecular flexibility index (Phi) is 2.02. The zero-order valence-electron chi connectivity index (χ0n) is 7.57. The highest BCUT2D eigenvalue weighted by Crippen LogP contribution is 2.35. The van der Waals surface area contributed by atoms with Gasteiger partial charge in [-0.1, -0.05) is 24.3 Å². The Labute approximate surface area is 81.4 Å². The normalized spacial score (nSPS) is 10.6. The monoisotopic (exact) mass is 189 g/mol. The summed E-state index contributed by atoms with van der Waals surface area (Å²) >= 11 is 0. The van der Waals surface area contributed by atoms with Crippen molar-refractivity contribution in [3.8, 4) is 11.5 Å². The van der Waals surface area contributed by atoms with Crippen molar-refractivity contribution < 1.29 is 10.2 Å². The zero-order chi connectivity index (χ0) is 10.1. The molecule has 0 fully saturated rings. The highest BCUT2D eigenvalue weighted by Gasteiger charge is 2.09. The molecule has 0 aromatic heterocycles. The second-order valence-electron chi connectivity index (χ2n) is 3.15. The molecule has 0 aliphatic rings. The predicted molar refractivity (Wildman–Crippen MR) is 55.2 cm³/mol. The predicted octanol–water partition coefficient (Wildman–Crippen LogP) is 1.71. The van der Waals surface area contributed by atoms with Gasteiger partial charge < -0.3 is 15.9 Å². The van der Waals surface area contributed by atoms with Crippen LogP contribution in [0.4, 0.5) is 0 Å². The molecule has 4 N–H and O–H groups in total. The maximum absolute atomic E-state index is 9.57. The summed E-state index contributed by atoms with van der Waals surface area (Å²) < 4.78 is 0. The topological polar surface area (TPSA) is 66.5 Å². The molecule has 0 radical (unpaired) electrons. The zero-order valence-corrected chi connectivity index (χ0v) is 7.57. The molecule has 0 unspecified atom stereocenters. The Morgan fingerprint density at radius 2 is 1.86 bits per heavy atom. The van der Waals surface area contributed by atoms with Gasteiger partial charge in [0.15, 0.2) is 11.5 Å². The van der Waals surface area contributed by atoms with Gasteiger partial charge >= 0.3 is 0 Å². The molecular formula is C11H11NO2. The smallest absolute Gasteiger partial charge is 0.162 e. The quantitative estimate of drug-likeness (QED) is 0.598. The first-order valence-electron chi connectivity index (χ1n) is 4.36. The van der Waals surface area contributed by atoms with Crippen molar-refractivity contribution in [3.63, 3.8) is 0 Å². The number of benzene rings is 2. The Morgan fingerprint density at radius 3 is 2.57 bits per heavy atom. The summed E-state index contributed by atoms with van der Waals surface area (Å²) in [7, 11) is 0. The van der Waals surface area contributed by atoms with E-state index in [9.17, 15) is 10.2 Å². The van der Waals surface area contributed by atoms with E-state index < -0.39 is 0 Å². The molecule has 3 heteroatoms. The van der Waals surface area contributed by atoms with Gasteiger partial charge in [-0.2, -0.15) is 0 Å². The van der Waals surface area contributed by atoms with Gasteiger partial charge in [0.05, 0.1) is 0 Å². The molecule has 0 heterocycles. The largest absolute Gasteiger partial charge is 0.504 e. The van der Waals surface area contributed by atoms with Crippen LogP contribution in [0.25, 0.3) is 10.8 Å². The molecular weight excluding hydrogens is 178 g/mol. The van der Waals surface area contributed by atoms with Crippen LogP contribution in [0, 0.1) is 0 Å². The number of fused-ring (bicyclic) bond motifs is 1. The van der Waals surface area contributed by atoms with Gasteiger partial charge in [0.25, 0.3) is 0 Å². The molecule has 2 aromatic carbocycles. The van der Waals surface area contributed by atoms with E-state index in [0.29, 0.717) is 5.56 Å². The second-order valence-corrected chi connectivity index (χ2v) is 3.15. The molecule has 0 atom stereocenters. The van der Waals surface area contributed by atoms with E-state index in [1.807, 2.05) is 24.3 Å². The highest BCUT2D eigenvalue weighted by atomic mass is 16.3. The van der Waals surface area contributed by atoms with Crippen LogP contribution in [0.15, 0.2) is 30.3 Å². The number of aromatic hydroxyl groups is 2. The lowest BCUT2D eigenvalue weighted by Gasteiger charge is -2.08. The Hall–Kier alpha value is -1.74. The summed E-state index contributed by atoms with van der Waals surface area (Å²) in [4.78, 5) is 0. The maximum Gasteiger partial charge on any atom is 0.162 e. The lowest BCUT2D eigenvalue weighted by atomic mass is 10.0. The van der Waals surface area contributed by atoms with E-state index in [0.717, 1.165) is 10.8 Å². The highest BCUT2D eigenvalue weighted by molar-refractivity contribution is 5.89. The van der Waals surface area contributed by atoms with Crippen LogP contribution < -0.4 is 5.73 Å². The maximum atomic E-state index is 9.57. The van der Waals surface area contributed by atoms with E-state index in [4.69, 9.17) is 5.73 Å². The van der Waals surface area contributed by atoms with Crippen LogP contribution in [0.2, 0.25) is 0 Å². The van der Waals surface area contributed by atoms with E-state index in [2.05, 4.69) is 0 Å². The standard InChI is InChI=1S/C11H11NO2/c12-6-9-8-4-2-1-3-7(8)5-10(13)11(9)14/h1-5,13-14H,6,12H2. The van der Waals surface area contributed by atoms with Crippen molar-refractivity contribution in [2.75, 3.05) is 0 Å². The molecule has 3 nitrogen and oxygen atoms in total. The van der Waals surface area contributed by atoms with Gasteiger partial charge in [-0.25, -0.2) is 0 Å². The molecule has 0 spiro atoms. The third-order valence-corrected chi connectivity index (χ3v) is 2.31. The van der Waals surface area contributed by atoms with Crippen LogP contribution >= 0.6 is 0 Å². The molecule has 0 bridgehead atoms. The first-order chi connectivity index (χ1) is 6.74. The number of nitrogens with two attached hydrogens (primary N) is 1. The Morgan fingerprint density at radius 1 is 1.14 bits per heavy atom. The van der Waals surface area contributed by atoms with Gasteiger partial charge in [-0.3, -0.25) is 0 Å². The number of rotatable bonds is 1. The van der Waals surface area contributed by atoms with Gasteiger partial charge in [-0.15, -0.1) is 0 Å². The van der Waals surface area contributed by atoms with E-state index in [1.165, 1.54) is 6.07 Å². The van der Waals surface area contributed by atoms with Crippen LogP contribution in [0.3, 0.4) is 0 Å². The first-order valence-corrected chi connectivity index (χ1v) is 4.36. The van der Waals surface area contributed by atoms with Crippen molar-refractivity contribution in [2.45, 2.75) is 6.54 Å². The fraction of sp³-hybridized carbons (Fsp3) is 0.0909. The molecule has 0 aliphatic carbocycles. The third kappa shape index (κ3) is 1.18. The van der Waals surface area contributed by atoms with Gasteiger partial charge in [0.2, 0.25) is 0 Å². The van der Waals surface area contributed by atoms with Crippen LogP contribution in [-0.4, -0.2) is 10.2 Å². The van der Waals surface area contributed by atoms with E-state index in [-0.39, 0.29) is 18.0 Å². The minimum absolute atomic E-state index is 0.119. The van der Waals surface area contributed by atoms with Crippen LogP contribution in [0.1, 0.15) is 5.56 Å². The fourth-order valence-corrected chi connectivity index (χ4v) is 1.60. The fourth-order valence-electron chi connectivity index (χ4n) is 1.60. The van der Waals surface area contributed by atoms with Crippen molar-refractivity contribution in [1.82, 2.24) is 0 Å². The number of phenolic OH excluding ortho intramolecular Hbond substituents is 2.